The highest BCUT2D eigenvalue weighted by molar-refractivity contribution is 4.63. The van der Waals surface area contributed by atoms with Gasteiger partial charge in [0.2, 0.25) is 0 Å². The van der Waals surface area contributed by atoms with Crippen LogP contribution >= 0.6 is 0 Å². The molecule has 0 aliphatic carbocycles. The molecule has 0 aromatic carbocycles. The van der Waals surface area contributed by atoms with Gasteiger partial charge in [-0.3, -0.25) is 0 Å². The summed E-state index contributed by atoms with van der Waals surface area (Å²) in [6.07, 6.45) is -0.454. The van der Waals surface area contributed by atoms with Crippen molar-refractivity contribution < 1.29 is 14.6 Å². The summed E-state index contributed by atoms with van der Waals surface area (Å²) in [5, 5.41) is 8.49. The minimum atomic E-state index is -0.454. The van der Waals surface area contributed by atoms with Crippen molar-refractivity contribution in [2.75, 3.05) is 19.8 Å². The Morgan fingerprint density at radius 3 is 2.44 bits per heavy atom. The zero-order valence-electron chi connectivity index (χ0n) is 5.12. The van der Waals surface area contributed by atoms with Crippen LogP contribution in [0.15, 0.2) is 0 Å². The molecule has 1 fully saturated rings. The van der Waals surface area contributed by atoms with Crippen molar-refractivity contribution in [3.8, 4) is 0 Å². The fourth-order valence-corrected chi connectivity index (χ4v) is 0.663. The van der Waals surface area contributed by atoms with Gasteiger partial charge in [0.05, 0.1) is 25.9 Å². The fraction of sp³-hybridized carbons (Fsp3) is 1.00. The zero-order valence-corrected chi connectivity index (χ0v) is 5.12. The molecule has 0 spiro atoms. The summed E-state index contributed by atoms with van der Waals surface area (Å²) in [6.45, 7) is 0.864. The van der Waals surface area contributed by atoms with E-state index in [9.17, 15) is 0 Å². The molecule has 4 heteroatoms. The maximum atomic E-state index is 8.49. The smallest absolute Gasteiger partial charge is 0.180 e. The molecule has 1 aliphatic heterocycles. The normalized spacial score (nSPS) is 36.7. The standard InChI is InChI=1S/C5H11NO3/c6-4-2-8-5(1-7)9-3-4/h4-5,7H,1-3,6H2/t4-,5-. The first-order valence-electron chi connectivity index (χ1n) is 2.92. The van der Waals surface area contributed by atoms with Crippen LogP contribution in [-0.4, -0.2) is 37.3 Å². The molecule has 9 heavy (non-hydrogen) atoms. The van der Waals surface area contributed by atoms with Crippen molar-refractivity contribution in [1.29, 1.82) is 0 Å². The largest absolute Gasteiger partial charge is 0.391 e. The van der Waals surface area contributed by atoms with Crippen LogP contribution in [0, 0.1) is 0 Å². The molecule has 0 amide bonds. The molecule has 0 unspecified atom stereocenters. The molecule has 0 saturated carbocycles. The van der Waals surface area contributed by atoms with E-state index in [2.05, 4.69) is 0 Å². The molecule has 4 nitrogen and oxygen atoms in total. The average Bonchev–Trinajstić information content (AvgIpc) is 1.90. The van der Waals surface area contributed by atoms with Crippen LogP contribution in [0.4, 0.5) is 0 Å². The fourth-order valence-electron chi connectivity index (χ4n) is 0.663. The number of hydrogen-bond acceptors (Lipinski definition) is 4. The number of hydrogen-bond donors (Lipinski definition) is 2. The van der Waals surface area contributed by atoms with Crippen LogP contribution in [0.25, 0.3) is 0 Å². The molecule has 54 valence electrons. The van der Waals surface area contributed by atoms with E-state index in [0.29, 0.717) is 13.2 Å². The predicted molar refractivity (Wildman–Crippen MR) is 30.8 cm³/mol. The number of nitrogens with two attached hydrogens (primary N) is 1. The van der Waals surface area contributed by atoms with Gasteiger partial charge in [-0.15, -0.1) is 0 Å². The van der Waals surface area contributed by atoms with Gasteiger partial charge in [-0.05, 0) is 0 Å². The van der Waals surface area contributed by atoms with E-state index in [1.54, 1.807) is 0 Å². The minimum Gasteiger partial charge on any atom is -0.391 e. The summed E-state index contributed by atoms with van der Waals surface area (Å²) in [4.78, 5) is 0. The first-order chi connectivity index (χ1) is 4.33. The molecule has 0 atom stereocenters. The van der Waals surface area contributed by atoms with E-state index in [4.69, 9.17) is 20.3 Å². The molecule has 0 radical (unpaired) electrons. The molecule has 1 rings (SSSR count). The maximum absolute atomic E-state index is 8.49. The van der Waals surface area contributed by atoms with E-state index in [0.717, 1.165) is 0 Å². The van der Waals surface area contributed by atoms with Gasteiger partial charge >= 0.3 is 0 Å². The van der Waals surface area contributed by atoms with Crippen LogP contribution in [-0.2, 0) is 9.47 Å². The third kappa shape index (κ3) is 1.91. The van der Waals surface area contributed by atoms with Crippen molar-refractivity contribution in [1.82, 2.24) is 0 Å². The second-order valence-corrected chi connectivity index (χ2v) is 2.04. The van der Waals surface area contributed by atoms with Gasteiger partial charge in [-0.25, -0.2) is 0 Å². The van der Waals surface area contributed by atoms with Gasteiger partial charge in [0, 0.05) is 0 Å². The highest BCUT2D eigenvalue weighted by Crippen LogP contribution is 2.01. The lowest BCUT2D eigenvalue weighted by atomic mass is 10.3. The quantitative estimate of drug-likeness (QED) is 0.465. The molecular formula is C5H11NO3. The first-order valence-corrected chi connectivity index (χ1v) is 2.92. The Balaban J connectivity index is 2.18. The molecule has 3 N–H and O–H groups in total. The van der Waals surface area contributed by atoms with Gasteiger partial charge in [-0.2, -0.15) is 0 Å². The summed E-state index contributed by atoms with van der Waals surface area (Å²) >= 11 is 0. The van der Waals surface area contributed by atoms with E-state index in [1.165, 1.54) is 0 Å². The molecule has 1 saturated heterocycles. The van der Waals surface area contributed by atoms with Crippen molar-refractivity contribution in [3.63, 3.8) is 0 Å². The molecule has 0 aromatic rings. The van der Waals surface area contributed by atoms with Crippen molar-refractivity contribution in [2.45, 2.75) is 12.3 Å². The second-order valence-electron chi connectivity index (χ2n) is 2.04. The summed E-state index contributed by atoms with van der Waals surface area (Å²) in [6, 6.07) is -0.0344. The van der Waals surface area contributed by atoms with Gasteiger partial charge in [-0.1, -0.05) is 0 Å². The SMILES string of the molecule is N[C@H]1CO[C@H](CO)OC1. The van der Waals surface area contributed by atoms with Crippen LogP contribution < -0.4 is 5.73 Å². The summed E-state index contributed by atoms with van der Waals surface area (Å²) in [7, 11) is 0. The number of aliphatic hydroxyl groups excluding tert-OH is 1. The lowest BCUT2D eigenvalue weighted by Gasteiger charge is -2.25. The molecule has 1 heterocycles. The van der Waals surface area contributed by atoms with E-state index in [-0.39, 0.29) is 12.6 Å². The van der Waals surface area contributed by atoms with Crippen LogP contribution in [0.2, 0.25) is 0 Å². The Morgan fingerprint density at radius 2 is 2.00 bits per heavy atom. The maximum Gasteiger partial charge on any atom is 0.180 e. The first kappa shape index (κ1) is 6.95. The Labute approximate surface area is 53.6 Å². The Morgan fingerprint density at radius 1 is 1.44 bits per heavy atom. The Bertz CT molecular complexity index is 80.3. The van der Waals surface area contributed by atoms with Gasteiger partial charge in [0.15, 0.2) is 6.29 Å². The number of rotatable bonds is 1. The molecule has 1 aliphatic rings. The number of ether oxygens (including phenoxy) is 2. The van der Waals surface area contributed by atoms with Gasteiger partial charge < -0.3 is 20.3 Å². The van der Waals surface area contributed by atoms with E-state index < -0.39 is 6.29 Å². The van der Waals surface area contributed by atoms with Gasteiger partial charge in [0.25, 0.3) is 0 Å². The topological polar surface area (TPSA) is 64.7 Å². The number of aliphatic hydroxyl groups is 1. The zero-order chi connectivity index (χ0) is 6.69. The van der Waals surface area contributed by atoms with Crippen molar-refractivity contribution in [3.05, 3.63) is 0 Å². The Hall–Kier alpha value is -0.160. The summed E-state index contributed by atoms with van der Waals surface area (Å²) in [5.41, 5.74) is 5.42. The summed E-state index contributed by atoms with van der Waals surface area (Å²) < 4.78 is 9.88. The van der Waals surface area contributed by atoms with Crippen LogP contribution in [0.1, 0.15) is 0 Å². The van der Waals surface area contributed by atoms with E-state index >= 15 is 0 Å². The highest BCUT2D eigenvalue weighted by Gasteiger charge is 2.17. The van der Waals surface area contributed by atoms with Crippen LogP contribution in [0.3, 0.4) is 0 Å². The van der Waals surface area contributed by atoms with Gasteiger partial charge in [0.1, 0.15) is 0 Å². The minimum absolute atomic E-state index is 0.0344. The Kier molecular flexibility index (Phi) is 2.41. The van der Waals surface area contributed by atoms with Crippen LogP contribution in [0.5, 0.6) is 0 Å². The third-order valence-electron chi connectivity index (χ3n) is 1.14. The van der Waals surface area contributed by atoms with E-state index in [1.807, 2.05) is 0 Å². The predicted octanol–water partition coefficient (Wildman–Crippen LogP) is -1.32. The lowest BCUT2D eigenvalue weighted by Crippen LogP contribution is -2.42. The monoisotopic (exact) mass is 133 g/mol. The summed E-state index contributed by atoms with van der Waals surface area (Å²) in [5.74, 6) is 0. The lowest BCUT2D eigenvalue weighted by molar-refractivity contribution is -0.200. The van der Waals surface area contributed by atoms with Crippen molar-refractivity contribution >= 4 is 0 Å². The molecule has 0 aromatic heterocycles. The average molecular weight is 133 g/mol. The molecule has 0 bridgehead atoms. The third-order valence-corrected chi connectivity index (χ3v) is 1.14. The second kappa shape index (κ2) is 3.12. The highest BCUT2D eigenvalue weighted by atomic mass is 16.7. The molecular weight excluding hydrogens is 122 g/mol. The van der Waals surface area contributed by atoms with Crippen molar-refractivity contribution in [2.24, 2.45) is 5.73 Å².